The molecule has 1 aromatic rings. The van der Waals surface area contributed by atoms with Crippen LogP contribution in [-0.2, 0) is 4.79 Å². The fraction of sp³-hybridized carbons (Fsp3) is 0.643. The van der Waals surface area contributed by atoms with Crippen LogP contribution in [-0.4, -0.2) is 29.0 Å². The Morgan fingerprint density at radius 3 is 2.75 bits per heavy atom. The Morgan fingerprint density at radius 1 is 1.35 bits per heavy atom. The van der Waals surface area contributed by atoms with E-state index in [1.165, 1.54) is 0 Å². The van der Waals surface area contributed by atoms with Gasteiger partial charge in [-0.05, 0) is 32.6 Å². The average Bonchev–Trinajstić information content (AvgIpc) is 3.26. The number of hydrogen-bond donors (Lipinski definition) is 1. The molecule has 1 aromatic heterocycles. The van der Waals surface area contributed by atoms with Gasteiger partial charge in [-0.25, -0.2) is 9.97 Å². The molecular weight excluding hydrogens is 276 g/mol. The van der Waals surface area contributed by atoms with Gasteiger partial charge in [0, 0.05) is 24.6 Å². The van der Waals surface area contributed by atoms with E-state index in [0.717, 1.165) is 49.4 Å². The van der Waals surface area contributed by atoms with Crippen LogP contribution in [0.25, 0.3) is 0 Å². The van der Waals surface area contributed by atoms with E-state index in [4.69, 9.17) is 22.3 Å². The van der Waals surface area contributed by atoms with Crippen molar-refractivity contribution in [2.24, 2.45) is 11.7 Å². The number of aromatic nitrogens is 2. The number of rotatable bonds is 3. The minimum Gasteiger partial charge on any atom is -0.369 e. The number of nitrogens with two attached hydrogens (primary N) is 1. The van der Waals surface area contributed by atoms with Crippen LogP contribution in [0.3, 0.4) is 0 Å². The van der Waals surface area contributed by atoms with Gasteiger partial charge in [0.25, 0.3) is 0 Å². The summed E-state index contributed by atoms with van der Waals surface area (Å²) in [7, 11) is 0. The van der Waals surface area contributed by atoms with Gasteiger partial charge in [0.05, 0.1) is 5.92 Å². The summed E-state index contributed by atoms with van der Waals surface area (Å²) in [6.45, 7) is 3.46. The van der Waals surface area contributed by atoms with Gasteiger partial charge in [0.15, 0.2) is 0 Å². The summed E-state index contributed by atoms with van der Waals surface area (Å²) < 4.78 is 0. The third kappa shape index (κ3) is 2.59. The van der Waals surface area contributed by atoms with Crippen LogP contribution in [0.15, 0.2) is 0 Å². The van der Waals surface area contributed by atoms with Crippen LogP contribution < -0.4 is 10.6 Å². The number of carbonyl (C=O) groups excluding carboxylic acids is 1. The number of halogens is 1. The SMILES string of the molecule is Cc1c(Cl)nc(C2CC2)nc1N1CCCC(C(N)=O)C1. The molecule has 1 saturated heterocycles. The Balaban J connectivity index is 1.90. The summed E-state index contributed by atoms with van der Waals surface area (Å²) in [5.74, 6) is 1.86. The molecule has 1 aliphatic carbocycles. The number of primary amides is 1. The minimum absolute atomic E-state index is 0.0961. The molecule has 1 aliphatic heterocycles. The van der Waals surface area contributed by atoms with Gasteiger partial charge < -0.3 is 10.6 Å². The normalized spacial score (nSPS) is 22.9. The lowest BCUT2D eigenvalue weighted by Gasteiger charge is -2.33. The van der Waals surface area contributed by atoms with E-state index in [9.17, 15) is 4.79 Å². The van der Waals surface area contributed by atoms with Crippen molar-refractivity contribution < 1.29 is 4.79 Å². The van der Waals surface area contributed by atoms with Gasteiger partial charge in [-0.15, -0.1) is 0 Å². The number of nitrogens with zero attached hydrogens (tertiary/aromatic N) is 3. The first-order valence-corrected chi connectivity index (χ1v) is 7.52. The summed E-state index contributed by atoms with van der Waals surface area (Å²) >= 11 is 6.24. The van der Waals surface area contributed by atoms with Crippen molar-refractivity contribution in [1.29, 1.82) is 0 Å². The molecule has 5 nitrogen and oxygen atoms in total. The average molecular weight is 295 g/mol. The third-order valence-electron chi connectivity index (χ3n) is 4.14. The predicted molar refractivity (Wildman–Crippen MR) is 77.9 cm³/mol. The maximum atomic E-state index is 11.4. The zero-order valence-corrected chi connectivity index (χ0v) is 12.4. The fourth-order valence-electron chi connectivity index (χ4n) is 2.73. The van der Waals surface area contributed by atoms with Crippen molar-refractivity contribution in [2.45, 2.75) is 38.5 Å². The van der Waals surface area contributed by atoms with E-state index in [2.05, 4.69) is 9.88 Å². The van der Waals surface area contributed by atoms with E-state index >= 15 is 0 Å². The minimum atomic E-state index is -0.227. The molecule has 2 N–H and O–H groups in total. The molecule has 2 aliphatic rings. The zero-order chi connectivity index (χ0) is 14.3. The van der Waals surface area contributed by atoms with Crippen molar-refractivity contribution in [3.63, 3.8) is 0 Å². The molecule has 108 valence electrons. The Bertz CT molecular complexity index is 544. The topological polar surface area (TPSA) is 72.1 Å². The van der Waals surface area contributed by atoms with Gasteiger partial charge in [0.1, 0.15) is 16.8 Å². The lowest BCUT2D eigenvalue weighted by atomic mass is 9.97. The molecule has 2 heterocycles. The number of amides is 1. The molecule has 0 radical (unpaired) electrons. The highest BCUT2D eigenvalue weighted by Gasteiger charge is 2.30. The second-order valence-electron chi connectivity index (χ2n) is 5.78. The Morgan fingerprint density at radius 2 is 2.10 bits per heavy atom. The quantitative estimate of drug-likeness (QED) is 0.866. The van der Waals surface area contributed by atoms with Crippen molar-refractivity contribution in [2.75, 3.05) is 18.0 Å². The van der Waals surface area contributed by atoms with Crippen LogP contribution in [0.1, 0.15) is 43.0 Å². The summed E-state index contributed by atoms with van der Waals surface area (Å²) in [6, 6.07) is 0. The maximum absolute atomic E-state index is 11.4. The Hall–Kier alpha value is -1.36. The van der Waals surface area contributed by atoms with Crippen molar-refractivity contribution >= 4 is 23.3 Å². The number of carbonyl (C=O) groups is 1. The summed E-state index contributed by atoms with van der Waals surface area (Å²) in [5.41, 5.74) is 6.33. The second kappa shape index (κ2) is 5.20. The second-order valence-corrected chi connectivity index (χ2v) is 6.14. The standard InChI is InChI=1S/C14H19ClN4O/c1-8-11(15)17-13(9-4-5-9)18-14(8)19-6-2-3-10(7-19)12(16)20/h9-10H,2-7H2,1H3,(H2,16,20). The maximum Gasteiger partial charge on any atom is 0.222 e. The molecule has 0 spiro atoms. The predicted octanol–water partition coefficient (Wildman–Crippen LogP) is 2.02. The number of hydrogen-bond acceptors (Lipinski definition) is 4. The monoisotopic (exact) mass is 294 g/mol. The highest BCUT2D eigenvalue weighted by molar-refractivity contribution is 6.30. The van der Waals surface area contributed by atoms with Gasteiger partial charge >= 0.3 is 0 Å². The van der Waals surface area contributed by atoms with E-state index in [1.807, 2.05) is 6.92 Å². The molecule has 3 rings (SSSR count). The first-order valence-electron chi connectivity index (χ1n) is 7.14. The third-order valence-corrected chi connectivity index (χ3v) is 4.51. The molecule has 1 atom stereocenters. The summed E-state index contributed by atoms with van der Waals surface area (Å²) in [6.07, 6.45) is 4.10. The first-order chi connectivity index (χ1) is 9.56. The molecule has 6 heteroatoms. The summed E-state index contributed by atoms with van der Waals surface area (Å²) in [5, 5.41) is 0.526. The molecule has 1 unspecified atom stereocenters. The van der Waals surface area contributed by atoms with Crippen molar-refractivity contribution in [1.82, 2.24) is 9.97 Å². The van der Waals surface area contributed by atoms with Crippen LogP contribution in [0.2, 0.25) is 5.15 Å². The largest absolute Gasteiger partial charge is 0.369 e. The van der Waals surface area contributed by atoms with Crippen molar-refractivity contribution in [3.8, 4) is 0 Å². The molecule has 1 saturated carbocycles. The van der Waals surface area contributed by atoms with Crippen molar-refractivity contribution in [3.05, 3.63) is 16.5 Å². The molecule has 1 amide bonds. The van der Waals surface area contributed by atoms with Gasteiger partial charge in [0.2, 0.25) is 5.91 Å². The first kappa shape index (κ1) is 13.6. The zero-order valence-electron chi connectivity index (χ0n) is 11.6. The van der Waals surface area contributed by atoms with Crippen LogP contribution >= 0.6 is 11.6 Å². The Kier molecular flexibility index (Phi) is 3.54. The van der Waals surface area contributed by atoms with E-state index in [0.29, 0.717) is 17.6 Å². The van der Waals surface area contributed by atoms with Crippen LogP contribution in [0.4, 0.5) is 5.82 Å². The molecule has 0 bridgehead atoms. The van der Waals surface area contributed by atoms with E-state index < -0.39 is 0 Å². The molecule has 20 heavy (non-hydrogen) atoms. The lowest BCUT2D eigenvalue weighted by Crippen LogP contribution is -2.42. The Labute approximate surface area is 123 Å². The van der Waals surface area contributed by atoms with Gasteiger partial charge in [-0.3, -0.25) is 4.79 Å². The van der Waals surface area contributed by atoms with Crippen LogP contribution in [0.5, 0.6) is 0 Å². The van der Waals surface area contributed by atoms with E-state index in [-0.39, 0.29) is 11.8 Å². The van der Waals surface area contributed by atoms with Crippen LogP contribution in [0, 0.1) is 12.8 Å². The highest BCUT2D eigenvalue weighted by Crippen LogP contribution is 2.40. The van der Waals surface area contributed by atoms with E-state index in [1.54, 1.807) is 0 Å². The fourth-order valence-corrected chi connectivity index (χ4v) is 2.90. The lowest BCUT2D eigenvalue weighted by molar-refractivity contribution is -0.122. The molecule has 0 aromatic carbocycles. The highest BCUT2D eigenvalue weighted by atomic mass is 35.5. The smallest absolute Gasteiger partial charge is 0.222 e. The van der Waals surface area contributed by atoms with Gasteiger partial charge in [-0.2, -0.15) is 0 Å². The van der Waals surface area contributed by atoms with Gasteiger partial charge in [-0.1, -0.05) is 11.6 Å². The number of piperidine rings is 1. The molecule has 2 fully saturated rings. The number of anilines is 1. The molecular formula is C14H19ClN4O. The summed E-state index contributed by atoms with van der Waals surface area (Å²) in [4.78, 5) is 22.6.